The number of rotatable bonds is 6. The average Bonchev–Trinajstić information content (AvgIpc) is 3.18. The van der Waals surface area contributed by atoms with Gasteiger partial charge in [0.25, 0.3) is 0 Å². The van der Waals surface area contributed by atoms with Crippen LogP contribution in [0.4, 0.5) is 5.82 Å². The van der Waals surface area contributed by atoms with Crippen molar-refractivity contribution in [3.05, 3.63) is 78.6 Å². The third-order valence-corrected chi connectivity index (χ3v) is 6.12. The molecule has 0 unspecified atom stereocenters. The molecule has 158 valence electrons. The van der Waals surface area contributed by atoms with E-state index in [9.17, 15) is 0 Å². The molecule has 4 aromatic rings. The highest BCUT2D eigenvalue weighted by Gasteiger charge is 2.22. The molecular weight excluding hydrogens is 384 g/mol. The maximum Gasteiger partial charge on any atom is 0.235 e. The molecule has 5 heteroatoms. The molecule has 2 aromatic carbocycles. The van der Waals surface area contributed by atoms with E-state index in [0.717, 1.165) is 34.3 Å². The highest BCUT2D eigenvalue weighted by atomic mass is 16.5. The highest BCUT2D eigenvalue weighted by Crippen LogP contribution is 2.33. The molecule has 1 fully saturated rings. The van der Waals surface area contributed by atoms with Crippen LogP contribution >= 0.6 is 0 Å². The van der Waals surface area contributed by atoms with Gasteiger partial charge in [0.2, 0.25) is 5.78 Å². The van der Waals surface area contributed by atoms with E-state index in [0.29, 0.717) is 18.4 Å². The van der Waals surface area contributed by atoms with Crippen LogP contribution in [-0.2, 0) is 6.61 Å². The quantitative estimate of drug-likeness (QED) is 0.424. The van der Waals surface area contributed by atoms with Gasteiger partial charge in [0.05, 0.1) is 0 Å². The SMILES string of the molecule is CC1CCC(Nc2c(-c3cccc(OCc4ccccc4)c3)nc3ncccn23)CC1. The molecule has 2 heterocycles. The van der Waals surface area contributed by atoms with E-state index in [1.807, 2.05) is 42.6 Å². The lowest BCUT2D eigenvalue weighted by Crippen LogP contribution is -2.26. The Morgan fingerprint density at radius 3 is 2.68 bits per heavy atom. The van der Waals surface area contributed by atoms with E-state index < -0.39 is 0 Å². The summed E-state index contributed by atoms with van der Waals surface area (Å²) in [6, 6.07) is 20.8. The lowest BCUT2D eigenvalue weighted by molar-refractivity contribution is 0.306. The molecule has 1 aliphatic rings. The summed E-state index contributed by atoms with van der Waals surface area (Å²) >= 11 is 0. The van der Waals surface area contributed by atoms with Crippen LogP contribution in [0.25, 0.3) is 17.0 Å². The minimum Gasteiger partial charge on any atom is -0.489 e. The van der Waals surface area contributed by atoms with Crippen molar-refractivity contribution >= 4 is 11.6 Å². The fourth-order valence-electron chi connectivity index (χ4n) is 4.30. The Morgan fingerprint density at radius 2 is 1.84 bits per heavy atom. The average molecular weight is 413 g/mol. The van der Waals surface area contributed by atoms with Crippen molar-refractivity contribution in [2.75, 3.05) is 5.32 Å². The van der Waals surface area contributed by atoms with Crippen molar-refractivity contribution in [1.29, 1.82) is 0 Å². The lowest BCUT2D eigenvalue weighted by Gasteiger charge is -2.27. The Bertz CT molecular complexity index is 1150. The number of ether oxygens (including phenoxy) is 1. The third kappa shape index (κ3) is 4.41. The van der Waals surface area contributed by atoms with Gasteiger partial charge in [0.15, 0.2) is 0 Å². The van der Waals surface area contributed by atoms with Crippen molar-refractivity contribution in [2.24, 2.45) is 5.92 Å². The van der Waals surface area contributed by atoms with Gasteiger partial charge in [0, 0.05) is 24.0 Å². The Balaban J connectivity index is 1.44. The van der Waals surface area contributed by atoms with E-state index >= 15 is 0 Å². The Hall–Kier alpha value is -3.34. The molecule has 0 atom stereocenters. The molecule has 0 radical (unpaired) electrons. The molecule has 0 spiro atoms. The van der Waals surface area contributed by atoms with Gasteiger partial charge >= 0.3 is 0 Å². The molecule has 1 N–H and O–H groups in total. The monoisotopic (exact) mass is 412 g/mol. The molecule has 1 saturated carbocycles. The fraction of sp³-hybridized carbons (Fsp3) is 0.308. The van der Waals surface area contributed by atoms with Gasteiger partial charge in [0.1, 0.15) is 23.9 Å². The Labute approximate surface area is 183 Å². The van der Waals surface area contributed by atoms with Crippen LogP contribution in [-0.4, -0.2) is 20.4 Å². The second-order valence-corrected chi connectivity index (χ2v) is 8.50. The zero-order chi connectivity index (χ0) is 21.0. The van der Waals surface area contributed by atoms with Gasteiger partial charge < -0.3 is 10.1 Å². The maximum atomic E-state index is 6.06. The second-order valence-electron chi connectivity index (χ2n) is 8.50. The van der Waals surface area contributed by atoms with Gasteiger partial charge in [-0.1, -0.05) is 49.4 Å². The number of hydrogen-bond acceptors (Lipinski definition) is 4. The van der Waals surface area contributed by atoms with Gasteiger partial charge in [-0.15, -0.1) is 0 Å². The van der Waals surface area contributed by atoms with E-state index in [1.165, 1.54) is 25.7 Å². The van der Waals surface area contributed by atoms with Gasteiger partial charge in [-0.2, -0.15) is 0 Å². The van der Waals surface area contributed by atoms with Gasteiger partial charge in [-0.3, -0.25) is 4.40 Å². The molecule has 0 bridgehead atoms. The Morgan fingerprint density at radius 1 is 1.00 bits per heavy atom. The number of aromatic nitrogens is 3. The first-order chi connectivity index (χ1) is 15.3. The third-order valence-electron chi connectivity index (χ3n) is 6.12. The van der Waals surface area contributed by atoms with E-state index in [1.54, 1.807) is 6.20 Å². The molecule has 5 rings (SSSR count). The van der Waals surface area contributed by atoms with Crippen LogP contribution in [0.3, 0.4) is 0 Å². The van der Waals surface area contributed by atoms with Gasteiger partial charge in [-0.05, 0) is 55.4 Å². The predicted octanol–water partition coefficient (Wildman–Crippen LogP) is 5.97. The number of fused-ring (bicyclic) bond motifs is 1. The molecule has 31 heavy (non-hydrogen) atoms. The first-order valence-electron chi connectivity index (χ1n) is 11.1. The zero-order valence-corrected chi connectivity index (χ0v) is 17.9. The standard InChI is InChI=1S/C26H28N4O/c1-19-11-13-22(14-12-19)28-25-24(29-26-27-15-6-16-30(25)26)21-9-5-10-23(17-21)31-18-20-7-3-2-4-8-20/h2-10,15-17,19,22,28H,11-14,18H2,1H3. The number of anilines is 1. The molecule has 0 aliphatic heterocycles. The van der Waals surface area contributed by atoms with Crippen molar-refractivity contribution in [3.8, 4) is 17.0 Å². The van der Waals surface area contributed by atoms with Crippen LogP contribution < -0.4 is 10.1 Å². The summed E-state index contributed by atoms with van der Waals surface area (Å²) in [7, 11) is 0. The number of benzene rings is 2. The number of imidazole rings is 1. The molecule has 0 saturated heterocycles. The van der Waals surface area contributed by atoms with Crippen LogP contribution in [0.5, 0.6) is 5.75 Å². The second kappa shape index (κ2) is 8.80. The topological polar surface area (TPSA) is 51.5 Å². The van der Waals surface area contributed by atoms with E-state index in [4.69, 9.17) is 9.72 Å². The van der Waals surface area contributed by atoms with Crippen molar-refractivity contribution in [1.82, 2.24) is 14.4 Å². The number of nitrogens with one attached hydrogen (secondary N) is 1. The smallest absolute Gasteiger partial charge is 0.235 e. The largest absolute Gasteiger partial charge is 0.489 e. The van der Waals surface area contributed by atoms with Crippen molar-refractivity contribution in [2.45, 2.75) is 45.3 Å². The Kier molecular flexibility index (Phi) is 5.57. The molecule has 1 aliphatic carbocycles. The summed E-state index contributed by atoms with van der Waals surface area (Å²) in [5.41, 5.74) is 3.10. The van der Waals surface area contributed by atoms with Crippen LogP contribution in [0.2, 0.25) is 0 Å². The molecule has 2 aromatic heterocycles. The number of hydrogen-bond donors (Lipinski definition) is 1. The first-order valence-corrected chi connectivity index (χ1v) is 11.1. The van der Waals surface area contributed by atoms with E-state index in [2.05, 4.69) is 45.9 Å². The summed E-state index contributed by atoms with van der Waals surface area (Å²) in [6.45, 7) is 2.89. The summed E-state index contributed by atoms with van der Waals surface area (Å²) in [5.74, 6) is 3.38. The summed E-state index contributed by atoms with van der Waals surface area (Å²) < 4.78 is 8.12. The van der Waals surface area contributed by atoms with Crippen LogP contribution in [0, 0.1) is 5.92 Å². The maximum absolute atomic E-state index is 6.06. The zero-order valence-electron chi connectivity index (χ0n) is 17.9. The molecule has 0 amide bonds. The normalized spacial score (nSPS) is 18.7. The summed E-state index contributed by atoms with van der Waals surface area (Å²) in [5, 5.41) is 3.79. The molecular formula is C26H28N4O. The minimum atomic E-state index is 0.465. The minimum absolute atomic E-state index is 0.465. The molecule has 5 nitrogen and oxygen atoms in total. The summed E-state index contributed by atoms with van der Waals surface area (Å²) in [4.78, 5) is 9.33. The fourth-order valence-corrected chi connectivity index (χ4v) is 4.30. The van der Waals surface area contributed by atoms with Crippen LogP contribution in [0.1, 0.15) is 38.2 Å². The first kappa shape index (κ1) is 19.6. The lowest BCUT2D eigenvalue weighted by atomic mass is 9.87. The van der Waals surface area contributed by atoms with E-state index in [-0.39, 0.29) is 0 Å². The number of nitrogens with zero attached hydrogens (tertiary/aromatic N) is 3. The summed E-state index contributed by atoms with van der Waals surface area (Å²) in [6.07, 6.45) is 8.73. The predicted molar refractivity (Wildman–Crippen MR) is 124 cm³/mol. The van der Waals surface area contributed by atoms with Crippen LogP contribution in [0.15, 0.2) is 73.1 Å². The van der Waals surface area contributed by atoms with Crippen molar-refractivity contribution < 1.29 is 4.74 Å². The van der Waals surface area contributed by atoms with Crippen molar-refractivity contribution in [3.63, 3.8) is 0 Å². The highest BCUT2D eigenvalue weighted by molar-refractivity contribution is 5.76. The van der Waals surface area contributed by atoms with Gasteiger partial charge in [-0.25, -0.2) is 9.97 Å².